The van der Waals surface area contributed by atoms with Crippen molar-refractivity contribution in [3.63, 3.8) is 0 Å². The molecule has 0 unspecified atom stereocenters. The van der Waals surface area contributed by atoms with Crippen LogP contribution in [-0.2, 0) is 6.61 Å². The Kier molecular flexibility index (Phi) is 6.17. The van der Waals surface area contributed by atoms with Crippen LogP contribution in [0.2, 0.25) is 0 Å². The molecule has 0 spiro atoms. The lowest BCUT2D eigenvalue weighted by Gasteiger charge is -2.06. The summed E-state index contributed by atoms with van der Waals surface area (Å²) in [4.78, 5) is 10.3. The van der Waals surface area contributed by atoms with E-state index in [4.69, 9.17) is 4.74 Å². The average Bonchev–Trinajstić information content (AvgIpc) is 2.69. The Labute approximate surface area is 164 Å². The van der Waals surface area contributed by atoms with Gasteiger partial charge in [0, 0.05) is 16.6 Å². The standard InChI is InChI=1S/C20H16BrN3O3/c21-17-8-4-16(5-9-17)14-27-20-10-6-15(7-11-20)13-22-23-18-2-1-3-19(12-18)24(25)26/h1-13,23H,14H2. The zero-order valence-corrected chi connectivity index (χ0v) is 15.8. The SMILES string of the molecule is O=[N+]([O-])c1cccc(NN=Cc2ccc(OCc3ccc(Br)cc3)cc2)c1. The highest BCUT2D eigenvalue weighted by atomic mass is 79.9. The fraction of sp³-hybridized carbons (Fsp3) is 0.0500. The number of nitro benzene ring substituents is 1. The summed E-state index contributed by atoms with van der Waals surface area (Å²) in [6.07, 6.45) is 1.64. The maximum absolute atomic E-state index is 10.8. The molecule has 0 aliphatic heterocycles. The molecule has 0 atom stereocenters. The summed E-state index contributed by atoms with van der Waals surface area (Å²) < 4.78 is 6.79. The number of benzene rings is 3. The third-order valence-corrected chi connectivity index (χ3v) is 4.19. The first kappa shape index (κ1) is 18.6. The second-order valence-electron chi connectivity index (χ2n) is 5.66. The Balaban J connectivity index is 1.54. The number of anilines is 1. The number of non-ortho nitro benzene ring substituents is 1. The number of ether oxygens (including phenoxy) is 1. The van der Waals surface area contributed by atoms with Crippen LogP contribution in [0.15, 0.2) is 82.4 Å². The minimum absolute atomic E-state index is 0.0162. The maximum Gasteiger partial charge on any atom is 0.271 e. The maximum atomic E-state index is 10.8. The Bertz CT molecular complexity index is 941. The van der Waals surface area contributed by atoms with Gasteiger partial charge in [0.15, 0.2) is 0 Å². The lowest BCUT2D eigenvalue weighted by atomic mass is 10.2. The van der Waals surface area contributed by atoms with E-state index in [0.29, 0.717) is 12.3 Å². The molecule has 0 fully saturated rings. The monoisotopic (exact) mass is 425 g/mol. The third-order valence-electron chi connectivity index (χ3n) is 3.66. The van der Waals surface area contributed by atoms with Crippen LogP contribution in [0, 0.1) is 10.1 Å². The van der Waals surface area contributed by atoms with Crippen molar-refractivity contribution in [2.45, 2.75) is 6.61 Å². The molecule has 0 radical (unpaired) electrons. The molecule has 3 rings (SSSR count). The summed E-state index contributed by atoms with van der Waals surface area (Å²) in [6.45, 7) is 0.495. The molecule has 27 heavy (non-hydrogen) atoms. The quantitative estimate of drug-likeness (QED) is 0.313. The van der Waals surface area contributed by atoms with Gasteiger partial charge in [0.1, 0.15) is 12.4 Å². The van der Waals surface area contributed by atoms with Gasteiger partial charge in [0.2, 0.25) is 0 Å². The molecule has 0 saturated carbocycles. The molecule has 0 aliphatic carbocycles. The van der Waals surface area contributed by atoms with Gasteiger partial charge in [-0.05, 0) is 53.6 Å². The largest absolute Gasteiger partial charge is 0.489 e. The Morgan fingerprint density at radius 2 is 1.81 bits per heavy atom. The van der Waals surface area contributed by atoms with Crippen LogP contribution in [0.1, 0.15) is 11.1 Å². The van der Waals surface area contributed by atoms with E-state index in [-0.39, 0.29) is 5.69 Å². The molecule has 0 saturated heterocycles. The van der Waals surface area contributed by atoms with Crippen LogP contribution in [0.5, 0.6) is 5.75 Å². The molecular formula is C20H16BrN3O3. The van der Waals surface area contributed by atoms with Crippen molar-refractivity contribution >= 4 is 33.5 Å². The van der Waals surface area contributed by atoms with Crippen molar-refractivity contribution in [2.24, 2.45) is 5.10 Å². The van der Waals surface area contributed by atoms with Gasteiger partial charge in [0.05, 0.1) is 16.8 Å². The first-order valence-electron chi connectivity index (χ1n) is 8.11. The average molecular weight is 426 g/mol. The van der Waals surface area contributed by atoms with Crippen molar-refractivity contribution in [2.75, 3.05) is 5.43 Å². The van der Waals surface area contributed by atoms with Gasteiger partial charge in [-0.3, -0.25) is 15.5 Å². The first-order valence-corrected chi connectivity index (χ1v) is 8.90. The van der Waals surface area contributed by atoms with E-state index in [0.717, 1.165) is 21.3 Å². The van der Waals surface area contributed by atoms with E-state index >= 15 is 0 Å². The number of hydrogen-bond donors (Lipinski definition) is 1. The van der Waals surface area contributed by atoms with Crippen molar-refractivity contribution in [3.05, 3.63) is 98.5 Å². The van der Waals surface area contributed by atoms with E-state index in [9.17, 15) is 10.1 Å². The molecule has 0 bridgehead atoms. The van der Waals surface area contributed by atoms with E-state index in [1.165, 1.54) is 12.1 Å². The minimum Gasteiger partial charge on any atom is -0.489 e. The highest BCUT2D eigenvalue weighted by Gasteiger charge is 2.04. The molecule has 0 aromatic heterocycles. The normalized spacial score (nSPS) is 10.7. The fourth-order valence-electron chi connectivity index (χ4n) is 2.27. The number of nitrogens with zero attached hydrogens (tertiary/aromatic N) is 2. The second-order valence-corrected chi connectivity index (χ2v) is 6.58. The molecule has 6 nitrogen and oxygen atoms in total. The van der Waals surface area contributed by atoms with Gasteiger partial charge < -0.3 is 4.74 Å². The Morgan fingerprint density at radius 3 is 2.52 bits per heavy atom. The van der Waals surface area contributed by atoms with Gasteiger partial charge >= 0.3 is 0 Å². The molecule has 0 amide bonds. The molecule has 136 valence electrons. The number of nitro groups is 1. The van der Waals surface area contributed by atoms with Crippen molar-refractivity contribution in [1.29, 1.82) is 0 Å². The van der Waals surface area contributed by atoms with Gasteiger partial charge in [-0.25, -0.2) is 0 Å². The summed E-state index contributed by atoms with van der Waals surface area (Å²) in [6, 6.07) is 21.6. The number of halogens is 1. The molecular weight excluding hydrogens is 410 g/mol. The highest BCUT2D eigenvalue weighted by molar-refractivity contribution is 9.10. The summed E-state index contributed by atoms with van der Waals surface area (Å²) in [5.41, 5.74) is 5.32. The molecule has 3 aromatic carbocycles. The minimum atomic E-state index is -0.443. The van der Waals surface area contributed by atoms with Gasteiger partial charge in [-0.1, -0.05) is 34.1 Å². The zero-order valence-electron chi connectivity index (χ0n) is 14.2. The topological polar surface area (TPSA) is 76.8 Å². The lowest BCUT2D eigenvalue weighted by molar-refractivity contribution is -0.384. The Morgan fingerprint density at radius 1 is 1.07 bits per heavy atom. The molecule has 3 aromatic rings. The first-order chi connectivity index (χ1) is 13.1. The van der Waals surface area contributed by atoms with Crippen molar-refractivity contribution < 1.29 is 9.66 Å². The van der Waals surface area contributed by atoms with E-state index < -0.39 is 4.92 Å². The van der Waals surface area contributed by atoms with Gasteiger partial charge in [-0.15, -0.1) is 0 Å². The second kappa shape index (κ2) is 8.95. The molecule has 1 N–H and O–H groups in total. The summed E-state index contributed by atoms with van der Waals surface area (Å²) in [5.74, 6) is 0.765. The summed E-state index contributed by atoms with van der Waals surface area (Å²) >= 11 is 3.41. The zero-order chi connectivity index (χ0) is 19.1. The van der Waals surface area contributed by atoms with Crippen LogP contribution in [-0.4, -0.2) is 11.1 Å². The van der Waals surface area contributed by atoms with Crippen LogP contribution in [0.3, 0.4) is 0 Å². The molecule has 0 heterocycles. The van der Waals surface area contributed by atoms with Crippen LogP contribution in [0.25, 0.3) is 0 Å². The molecule has 0 aliphatic rings. The highest BCUT2D eigenvalue weighted by Crippen LogP contribution is 2.17. The smallest absolute Gasteiger partial charge is 0.271 e. The summed E-state index contributed by atoms with van der Waals surface area (Å²) in [7, 11) is 0. The third kappa shape index (κ3) is 5.65. The van der Waals surface area contributed by atoms with Gasteiger partial charge in [0.25, 0.3) is 5.69 Å². The predicted molar refractivity (Wildman–Crippen MR) is 109 cm³/mol. The number of rotatable bonds is 7. The van der Waals surface area contributed by atoms with Crippen LogP contribution < -0.4 is 10.2 Å². The number of nitrogens with one attached hydrogen (secondary N) is 1. The summed E-state index contributed by atoms with van der Waals surface area (Å²) in [5, 5.41) is 14.9. The lowest BCUT2D eigenvalue weighted by Crippen LogP contribution is -1.95. The van der Waals surface area contributed by atoms with Crippen LogP contribution >= 0.6 is 15.9 Å². The Hall–Kier alpha value is -3.19. The van der Waals surface area contributed by atoms with Gasteiger partial charge in [-0.2, -0.15) is 5.10 Å². The van der Waals surface area contributed by atoms with Crippen molar-refractivity contribution in [3.8, 4) is 5.75 Å². The number of hydrogen-bond acceptors (Lipinski definition) is 5. The van der Waals surface area contributed by atoms with E-state index in [1.807, 2.05) is 48.5 Å². The van der Waals surface area contributed by atoms with E-state index in [1.54, 1.807) is 18.3 Å². The van der Waals surface area contributed by atoms with E-state index in [2.05, 4.69) is 26.5 Å². The fourth-order valence-corrected chi connectivity index (χ4v) is 2.53. The molecule has 7 heteroatoms. The van der Waals surface area contributed by atoms with Crippen LogP contribution in [0.4, 0.5) is 11.4 Å². The van der Waals surface area contributed by atoms with Crippen molar-refractivity contribution in [1.82, 2.24) is 0 Å². The number of hydrazone groups is 1. The predicted octanol–water partition coefficient (Wildman–Crippen LogP) is 5.38.